The summed E-state index contributed by atoms with van der Waals surface area (Å²) in [6.07, 6.45) is 2.51. The summed E-state index contributed by atoms with van der Waals surface area (Å²) in [5.74, 6) is 0.0621. The van der Waals surface area contributed by atoms with Crippen LogP contribution in [-0.2, 0) is 11.2 Å². The third-order valence-corrected chi connectivity index (χ3v) is 3.69. The topological polar surface area (TPSA) is 49.6 Å². The van der Waals surface area contributed by atoms with Crippen molar-refractivity contribution in [1.82, 2.24) is 9.80 Å². The van der Waals surface area contributed by atoms with Crippen molar-refractivity contribution >= 4 is 5.91 Å². The van der Waals surface area contributed by atoms with Crippen LogP contribution in [0.25, 0.3) is 0 Å². The highest BCUT2D eigenvalue weighted by Gasteiger charge is 2.24. The van der Waals surface area contributed by atoms with E-state index in [0.717, 1.165) is 38.3 Å². The number of carbonyl (C=O) groups is 1. The number of rotatable bonds is 5. The van der Waals surface area contributed by atoms with Crippen LogP contribution in [0.2, 0.25) is 0 Å². The predicted molar refractivity (Wildman–Crippen MR) is 81.3 cm³/mol. The molecule has 0 spiro atoms. The Balaban J connectivity index is 1.84. The third kappa shape index (κ3) is 3.92. The van der Waals surface area contributed by atoms with Crippen LogP contribution >= 0.6 is 0 Å². The minimum absolute atomic E-state index is 0.0621. The van der Waals surface area contributed by atoms with E-state index in [0.29, 0.717) is 6.42 Å². The molecule has 1 aromatic rings. The molecule has 0 bridgehead atoms. The van der Waals surface area contributed by atoms with Crippen LogP contribution in [0.4, 0.5) is 0 Å². The van der Waals surface area contributed by atoms with Crippen molar-refractivity contribution < 1.29 is 4.79 Å². The lowest BCUT2D eigenvalue weighted by molar-refractivity contribution is -0.134. The van der Waals surface area contributed by atoms with Gasteiger partial charge in [-0.2, -0.15) is 0 Å². The fourth-order valence-corrected chi connectivity index (χ4v) is 2.52. The molecule has 1 heterocycles. The second-order valence-corrected chi connectivity index (χ2v) is 5.21. The Kier molecular flexibility index (Phi) is 5.32. The van der Waals surface area contributed by atoms with Crippen LogP contribution in [0.15, 0.2) is 43.0 Å². The van der Waals surface area contributed by atoms with E-state index in [1.165, 1.54) is 0 Å². The Morgan fingerprint density at radius 2 is 1.90 bits per heavy atom. The number of amides is 1. The fourth-order valence-electron chi connectivity index (χ4n) is 2.52. The molecule has 20 heavy (non-hydrogen) atoms. The number of benzene rings is 1. The molecule has 1 atom stereocenters. The molecule has 1 saturated heterocycles. The Labute approximate surface area is 120 Å². The van der Waals surface area contributed by atoms with Crippen molar-refractivity contribution in [2.45, 2.75) is 12.5 Å². The molecule has 1 aliphatic heterocycles. The zero-order valence-electron chi connectivity index (χ0n) is 11.9. The average molecular weight is 273 g/mol. The van der Waals surface area contributed by atoms with Crippen molar-refractivity contribution in [3.8, 4) is 0 Å². The normalized spacial score (nSPS) is 17.8. The van der Waals surface area contributed by atoms with E-state index in [-0.39, 0.29) is 5.91 Å². The van der Waals surface area contributed by atoms with Gasteiger partial charge in [0.1, 0.15) is 0 Å². The second kappa shape index (κ2) is 7.22. The van der Waals surface area contributed by atoms with Crippen molar-refractivity contribution in [2.75, 3.05) is 32.7 Å². The summed E-state index contributed by atoms with van der Waals surface area (Å²) in [4.78, 5) is 16.5. The Morgan fingerprint density at radius 3 is 2.50 bits per heavy atom. The van der Waals surface area contributed by atoms with Gasteiger partial charge in [0.25, 0.3) is 0 Å². The van der Waals surface area contributed by atoms with Crippen LogP contribution in [0, 0.1) is 0 Å². The molecule has 0 radical (unpaired) electrons. The maximum Gasteiger partial charge on any atom is 0.239 e. The minimum atomic E-state index is -0.441. The summed E-state index contributed by atoms with van der Waals surface area (Å²) < 4.78 is 0. The van der Waals surface area contributed by atoms with E-state index in [4.69, 9.17) is 5.73 Å². The summed E-state index contributed by atoms with van der Waals surface area (Å²) in [5, 5.41) is 0. The largest absolute Gasteiger partial charge is 0.339 e. The van der Waals surface area contributed by atoms with Crippen LogP contribution < -0.4 is 5.73 Å². The van der Waals surface area contributed by atoms with E-state index < -0.39 is 6.04 Å². The summed E-state index contributed by atoms with van der Waals surface area (Å²) in [6.45, 7) is 7.94. The highest BCUT2D eigenvalue weighted by Crippen LogP contribution is 2.07. The number of piperazine rings is 1. The Bertz CT molecular complexity index is 438. The number of carbonyl (C=O) groups excluding carboxylic acids is 1. The molecule has 0 aliphatic carbocycles. The van der Waals surface area contributed by atoms with E-state index in [1.54, 1.807) is 0 Å². The minimum Gasteiger partial charge on any atom is -0.339 e. The molecule has 2 rings (SSSR count). The summed E-state index contributed by atoms with van der Waals surface area (Å²) in [5.41, 5.74) is 7.16. The first kappa shape index (κ1) is 14.8. The van der Waals surface area contributed by atoms with Gasteiger partial charge in [-0.1, -0.05) is 36.4 Å². The zero-order chi connectivity index (χ0) is 14.4. The predicted octanol–water partition coefficient (Wildman–Crippen LogP) is 0.887. The quantitative estimate of drug-likeness (QED) is 0.811. The van der Waals surface area contributed by atoms with E-state index >= 15 is 0 Å². The van der Waals surface area contributed by atoms with Gasteiger partial charge in [0.05, 0.1) is 6.04 Å². The molecule has 0 unspecified atom stereocenters. The van der Waals surface area contributed by atoms with Crippen molar-refractivity contribution in [3.05, 3.63) is 48.6 Å². The van der Waals surface area contributed by atoms with Gasteiger partial charge in [-0.05, 0) is 12.0 Å². The summed E-state index contributed by atoms with van der Waals surface area (Å²) in [6, 6.07) is 9.49. The van der Waals surface area contributed by atoms with Crippen LogP contribution in [0.3, 0.4) is 0 Å². The van der Waals surface area contributed by atoms with Crippen LogP contribution in [0.5, 0.6) is 0 Å². The second-order valence-electron chi connectivity index (χ2n) is 5.21. The first-order valence-electron chi connectivity index (χ1n) is 7.12. The van der Waals surface area contributed by atoms with E-state index in [2.05, 4.69) is 11.5 Å². The molecule has 1 aliphatic rings. The number of nitrogens with zero attached hydrogens (tertiary/aromatic N) is 2. The highest BCUT2D eigenvalue weighted by atomic mass is 16.2. The van der Waals surface area contributed by atoms with Gasteiger partial charge in [0.2, 0.25) is 5.91 Å². The first-order valence-corrected chi connectivity index (χ1v) is 7.12. The maximum absolute atomic E-state index is 12.3. The fraction of sp³-hybridized carbons (Fsp3) is 0.438. The van der Waals surface area contributed by atoms with Gasteiger partial charge in [-0.3, -0.25) is 9.69 Å². The summed E-state index contributed by atoms with van der Waals surface area (Å²) in [7, 11) is 0. The molecule has 1 fully saturated rings. The third-order valence-electron chi connectivity index (χ3n) is 3.69. The Morgan fingerprint density at radius 1 is 1.25 bits per heavy atom. The number of hydrogen-bond donors (Lipinski definition) is 1. The molecule has 0 saturated carbocycles. The van der Waals surface area contributed by atoms with Gasteiger partial charge in [-0.25, -0.2) is 0 Å². The van der Waals surface area contributed by atoms with Crippen LogP contribution in [0.1, 0.15) is 5.56 Å². The number of nitrogens with two attached hydrogens (primary N) is 1. The molecular formula is C16H23N3O. The first-order chi connectivity index (χ1) is 9.70. The van der Waals surface area contributed by atoms with Gasteiger partial charge in [0.15, 0.2) is 0 Å². The lowest BCUT2D eigenvalue weighted by Crippen LogP contribution is -2.53. The monoisotopic (exact) mass is 273 g/mol. The molecule has 108 valence electrons. The molecule has 4 nitrogen and oxygen atoms in total. The van der Waals surface area contributed by atoms with Crippen LogP contribution in [-0.4, -0.2) is 54.5 Å². The lowest BCUT2D eigenvalue weighted by atomic mass is 10.1. The molecule has 0 aromatic heterocycles. The SMILES string of the molecule is C=CCN1CCN(C(=O)[C@H](N)Cc2ccccc2)CC1. The van der Waals surface area contributed by atoms with Gasteiger partial charge < -0.3 is 10.6 Å². The summed E-state index contributed by atoms with van der Waals surface area (Å²) >= 11 is 0. The van der Waals surface area contributed by atoms with E-state index in [1.807, 2.05) is 41.3 Å². The molecule has 1 aromatic carbocycles. The van der Waals surface area contributed by atoms with E-state index in [9.17, 15) is 4.79 Å². The van der Waals surface area contributed by atoms with Crippen molar-refractivity contribution in [3.63, 3.8) is 0 Å². The Hall–Kier alpha value is -1.65. The highest BCUT2D eigenvalue weighted by molar-refractivity contribution is 5.82. The van der Waals surface area contributed by atoms with Gasteiger partial charge in [0, 0.05) is 32.7 Å². The average Bonchev–Trinajstić information content (AvgIpc) is 2.48. The smallest absolute Gasteiger partial charge is 0.239 e. The molecule has 2 N–H and O–H groups in total. The number of hydrogen-bond acceptors (Lipinski definition) is 3. The van der Waals surface area contributed by atoms with Crippen molar-refractivity contribution in [2.24, 2.45) is 5.73 Å². The van der Waals surface area contributed by atoms with Gasteiger partial charge >= 0.3 is 0 Å². The maximum atomic E-state index is 12.3. The standard InChI is InChI=1S/C16H23N3O/c1-2-8-18-9-11-19(12-10-18)16(20)15(17)13-14-6-4-3-5-7-14/h2-7,15H,1,8-13,17H2/t15-/m1/s1. The molecule has 1 amide bonds. The lowest BCUT2D eigenvalue weighted by Gasteiger charge is -2.35. The molecular weight excluding hydrogens is 250 g/mol. The zero-order valence-corrected chi connectivity index (χ0v) is 11.9. The van der Waals surface area contributed by atoms with Gasteiger partial charge in [-0.15, -0.1) is 6.58 Å². The molecule has 4 heteroatoms. The van der Waals surface area contributed by atoms with Crippen molar-refractivity contribution in [1.29, 1.82) is 0 Å².